The molecule has 0 radical (unpaired) electrons. The molecule has 0 fully saturated rings. The van der Waals surface area contributed by atoms with Crippen molar-refractivity contribution in [2.45, 2.75) is 26.4 Å². The number of nitrogens with one attached hydrogen (secondary N) is 1. The van der Waals surface area contributed by atoms with Crippen molar-refractivity contribution < 1.29 is 19.2 Å². The Bertz CT molecular complexity index is 971. The molecule has 1 heterocycles. The van der Waals surface area contributed by atoms with Gasteiger partial charge < -0.3 is 19.3 Å². The smallest absolute Gasteiger partial charge is 0.278 e. The fourth-order valence-corrected chi connectivity index (χ4v) is 4.40. The predicted molar refractivity (Wildman–Crippen MR) is 120 cm³/mol. The third-order valence-corrected chi connectivity index (χ3v) is 6.34. The van der Waals surface area contributed by atoms with E-state index in [1.165, 1.54) is 0 Å². The third kappa shape index (κ3) is 5.09. The van der Waals surface area contributed by atoms with E-state index in [0.717, 1.165) is 43.7 Å². The molecule has 2 aromatic carbocycles. The summed E-state index contributed by atoms with van der Waals surface area (Å²) in [5.74, 6) is 1.55. The maximum absolute atomic E-state index is 12.9. The van der Waals surface area contributed by atoms with Gasteiger partial charge in [0.25, 0.3) is 5.91 Å². The van der Waals surface area contributed by atoms with Gasteiger partial charge >= 0.3 is 0 Å². The number of carbonyl (C=O) groups is 1. The highest BCUT2D eigenvalue weighted by molar-refractivity contribution is 7.18. The third-order valence-electron chi connectivity index (χ3n) is 5.13. The van der Waals surface area contributed by atoms with Crippen LogP contribution in [0.3, 0.4) is 0 Å². The first-order valence-corrected chi connectivity index (χ1v) is 11.0. The summed E-state index contributed by atoms with van der Waals surface area (Å²) in [5.41, 5.74) is 2.08. The van der Waals surface area contributed by atoms with Crippen LogP contribution in [0.25, 0.3) is 10.2 Å². The number of fused-ring (bicyclic) bond motifs is 1. The van der Waals surface area contributed by atoms with Gasteiger partial charge in [-0.1, -0.05) is 12.1 Å². The van der Waals surface area contributed by atoms with Crippen molar-refractivity contribution in [1.82, 2.24) is 9.88 Å². The molecular weight excluding hydrogens is 398 g/mol. The van der Waals surface area contributed by atoms with Crippen LogP contribution in [-0.2, 0) is 11.3 Å². The molecule has 1 N–H and O–H groups in total. The fraction of sp³-hybridized carbons (Fsp3) is 0.391. The molecule has 6 nitrogen and oxygen atoms in total. The second-order valence-electron chi connectivity index (χ2n) is 7.43. The molecule has 0 aliphatic rings. The number of hydrogen-bond acceptors (Lipinski definition) is 5. The Kier molecular flexibility index (Phi) is 7.29. The molecule has 0 saturated heterocycles. The van der Waals surface area contributed by atoms with E-state index >= 15 is 0 Å². The Morgan fingerprint density at radius 2 is 2.00 bits per heavy atom. The van der Waals surface area contributed by atoms with Gasteiger partial charge in [0.2, 0.25) is 0 Å². The number of hydrogen-bond donors (Lipinski definition) is 1. The molecule has 1 aromatic heterocycles. The van der Waals surface area contributed by atoms with Crippen LogP contribution in [0.4, 0.5) is 0 Å². The summed E-state index contributed by atoms with van der Waals surface area (Å²) in [6.07, 6.45) is 0. The van der Waals surface area contributed by atoms with Crippen molar-refractivity contribution in [1.29, 1.82) is 0 Å². The van der Waals surface area contributed by atoms with Gasteiger partial charge in [-0.2, -0.15) is 0 Å². The van der Waals surface area contributed by atoms with Crippen molar-refractivity contribution in [3.05, 3.63) is 53.0 Å². The minimum Gasteiger partial charge on any atom is -0.493 e. The Labute approximate surface area is 182 Å². The molecule has 3 aromatic rings. The van der Waals surface area contributed by atoms with Crippen molar-refractivity contribution >= 4 is 27.5 Å². The molecular formula is C23H30N3O3S+. The number of quaternary nitrogens is 1. The predicted octanol–water partition coefficient (Wildman–Crippen LogP) is 2.94. The van der Waals surface area contributed by atoms with E-state index in [-0.39, 0.29) is 11.9 Å². The van der Waals surface area contributed by atoms with Crippen LogP contribution in [0.15, 0.2) is 42.5 Å². The Hall–Kier alpha value is -2.64. The van der Waals surface area contributed by atoms with E-state index in [0.29, 0.717) is 13.2 Å². The zero-order chi connectivity index (χ0) is 21.7. The van der Waals surface area contributed by atoms with Crippen molar-refractivity contribution in [3.8, 4) is 11.5 Å². The molecule has 0 bridgehead atoms. The first-order chi connectivity index (χ1) is 14.4. The van der Waals surface area contributed by atoms with Crippen molar-refractivity contribution in [2.24, 2.45) is 0 Å². The summed E-state index contributed by atoms with van der Waals surface area (Å²) in [5, 5.41) is 0.959. The number of rotatable bonds is 9. The number of thiazole rings is 1. The molecule has 0 spiro atoms. The minimum atomic E-state index is -0.0618. The van der Waals surface area contributed by atoms with Gasteiger partial charge in [0.05, 0.1) is 37.0 Å². The van der Waals surface area contributed by atoms with E-state index in [9.17, 15) is 4.79 Å². The van der Waals surface area contributed by atoms with Gasteiger partial charge in [-0.05, 0) is 44.2 Å². The Balaban J connectivity index is 1.61. The molecule has 1 amide bonds. The fourth-order valence-electron chi connectivity index (χ4n) is 3.34. The highest BCUT2D eigenvalue weighted by atomic mass is 32.1. The summed E-state index contributed by atoms with van der Waals surface area (Å²) in [6, 6.07) is 13.9. The number of ether oxygens (including phenoxy) is 2. The lowest BCUT2D eigenvalue weighted by Gasteiger charge is -2.24. The second-order valence-corrected chi connectivity index (χ2v) is 8.49. The Morgan fingerprint density at radius 3 is 2.70 bits per heavy atom. The van der Waals surface area contributed by atoms with E-state index in [1.807, 2.05) is 64.3 Å². The van der Waals surface area contributed by atoms with Crippen LogP contribution in [0, 0.1) is 0 Å². The number of carbonyl (C=O) groups excluding carboxylic acids is 1. The number of para-hydroxylation sites is 1. The molecule has 160 valence electrons. The van der Waals surface area contributed by atoms with Gasteiger partial charge in [0, 0.05) is 12.6 Å². The van der Waals surface area contributed by atoms with Gasteiger partial charge in [-0.15, -0.1) is 11.3 Å². The van der Waals surface area contributed by atoms with Crippen LogP contribution in [0.5, 0.6) is 11.5 Å². The lowest BCUT2D eigenvalue weighted by molar-refractivity contribution is -0.885. The summed E-state index contributed by atoms with van der Waals surface area (Å²) < 4.78 is 12.2. The number of likely N-dealkylation sites (N-methyl/N-ethyl adjacent to an activating group) is 2. The minimum absolute atomic E-state index is 0.0618. The van der Waals surface area contributed by atoms with Crippen LogP contribution < -0.4 is 14.4 Å². The molecule has 0 saturated carbocycles. The summed E-state index contributed by atoms with van der Waals surface area (Å²) >= 11 is 1.64. The topological polar surface area (TPSA) is 56.1 Å². The van der Waals surface area contributed by atoms with E-state index in [1.54, 1.807) is 23.3 Å². The monoisotopic (exact) mass is 428 g/mol. The second kappa shape index (κ2) is 9.91. The average Bonchev–Trinajstić information content (AvgIpc) is 3.18. The molecule has 7 heteroatoms. The zero-order valence-electron chi connectivity index (χ0n) is 18.3. The van der Waals surface area contributed by atoms with Crippen LogP contribution in [0.2, 0.25) is 0 Å². The normalized spacial score (nSPS) is 13.1. The standard InChI is InChI=1S/C23H29N3O3S/c1-6-29-19-12-11-17(13-20(19)28-5)14-25(3)15-22(27)26(4)16(2)23-24-18-9-7-8-10-21(18)30-23/h7-13,16H,6,14-15H2,1-5H3/p+1/t16-/m0/s1. The van der Waals surface area contributed by atoms with Gasteiger partial charge in [-0.3, -0.25) is 4.79 Å². The number of benzene rings is 2. The first-order valence-electron chi connectivity index (χ1n) is 10.1. The molecule has 1 unspecified atom stereocenters. The lowest BCUT2D eigenvalue weighted by Crippen LogP contribution is -3.08. The summed E-state index contributed by atoms with van der Waals surface area (Å²) in [7, 11) is 5.52. The first kappa shape index (κ1) is 22.1. The molecule has 0 aliphatic heterocycles. The van der Waals surface area contributed by atoms with E-state index < -0.39 is 0 Å². The van der Waals surface area contributed by atoms with Gasteiger partial charge in [0.1, 0.15) is 11.6 Å². The summed E-state index contributed by atoms with van der Waals surface area (Å²) in [6.45, 7) is 5.69. The number of methoxy groups -OCH3 is 1. The van der Waals surface area contributed by atoms with Crippen LogP contribution >= 0.6 is 11.3 Å². The number of amides is 1. The average molecular weight is 429 g/mol. The SMILES string of the molecule is CCOc1ccc(C[NH+](C)CC(=O)N(C)[C@@H](C)c2nc3ccccc3s2)cc1OC. The maximum Gasteiger partial charge on any atom is 0.278 e. The maximum atomic E-state index is 12.9. The molecule has 3 rings (SSSR count). The van der Waals surface area contributed by atoms with E-state index in [2.05, 4.69) is 6.07 Å². The highest BCUT2D eigenvalue weighted by Gasteiger charge is 2.23. The van der Waals surface area contributed by atoms with Gasteiger partial charge in [-0.25, -0.2) is 4.98 Å². The molecule has 30 heavy (non-hydrogen) atoms. The lowest BCUT2D eigenvalue weighted by atomic mass is 10.2. The van der Waals surface area contributed by atoms with Gasteiger partial charge in [0.15, 0.2) is 18.0 Å². The highest BCUT2D eigenvalue weighted by Crippen LogP contribution is 2.29. The number of nitrogens with zero attached hydrogens (tertiary/aromatic N) is 2. The summed E-state index contributed by atoms with van der Waals surface area (Å²) in [4.78, 5) is 20.5. The van der Waals surface area contributed by atoms with Crippen LogP contribution in [-0.4, -0.2) is 50.1 Å². The molecule has 2 atom stereocenters. The zero-order valence-corrected chi connectivity index (χ0v) is 19.1. The van der Waals surface area contributed by atoms with Crippen molar-refractivity contribution in [2.75, 3.05) is 34.4 Å². The molecule has 0 aliphatic carbocycles. The van der Waals surface area contributed by atoms with Crippen molar-refractivity contribution in [3.63, 3.8) is 0 Å². The van der Waals surface area contributed by atoms with Crippen LogP contribution in [0.1, 0.15) is 30.5 Å². The quantitative estimate of drug-likeness (QED) is 0.569. The largest absolute Gasteiger partial charge is 0.493 e. The Morgan fingerprint density at radius 1 is 1.23 bits per heavy atom. The van der Waals surface area contributed by atoms with E-state index in [4.69, 9.17) is 14.5 Å². The number of aromatic nitrogens is 1.